The number of rotatable bonds is 5. The molecule has 6 nitrogen and oxygen atoms in total. The van der Waals surface area contributed by atoms with Crippen molar-refractivity contribution in [2.45, 2.75) is 62.6 Å². The van der Waals surface area contributed by atoms with Gasteiger partial charge in [-0.3, -0.25) is 14.2 Å². The SMILES string of the molecule is CC1CCN(C(=O)[C@H](C)Sc2nc3ccccc3c(=O)n2C[C@@H]2CCCO2)CC1. The molecule has 2 aliphatic rings. The number of fused-ring (bicyclic) bond motifs is 1. The molecule has 4 rings (SSSR count). The second-order valence-electron chi connectivity index (χ2n) is 8.23. The number of para-hydroxylation sites is 1. The molecule has 2 saturated heterocycles. The monoisotopic (exact) mass is 415 g/mol. The number of carbonyl (C=O) groups excluding carboxylic acids is 1. The standard InChI is InChI=1S/C22H29N3O3S/c1-15-9-11-24(12-10-15)20(26)16(2)29-22-23-19-8-4-3-7-18(19)21(27)25(22)14-17-6-5-13-28-17/h3-4,7-8,15-17H,5-6,9-14H2,1-2H3/t16-,17-/m0/s1. The lowest BCUT2D eigenvalue weighted by molar-refractivity contribution is -0.131. The van der Waals surface area contributed by atoms with Gasteiger partial charge in [0.1, 0.15) is 0 Å². The summed E-state index contributed by atoms with van der Waals surface area (Å²) in [4.78, 5) is 32.9. The number of hydrogen-bond acceptors (Lipinski definition) is 5. The maximum atomic E-state index is 13.2. The van der Waals surface area contributed by atoms with Gasteiger partial charge in [0.2, 0.25) is 5.91 Å². The maximum absolute atomic E-state index is 13.2. The third kappa shape index (κ3) is 4.51. The molecule has 1 amide bonds. The first kappa shape index (κ1) is 20.4. The van der Waals surface area contributed by atoms with Gasteiger partial charge in [-0.05, 0) is 50.7 Å². The highest BCUT2D eigenvalue weighted by molar-refractivity contribution is 8.00. The molecule has 29 heavy (non-hydrogen) atoms. The van der Waals surface area contributed by atoms with Crippen LogP contribution >= 0.6 is 11.8 Å². The summed E-state index contributed by atoms with van der Waals surface area (Å²) in [6.07, 6.45) is 4.11. The summed E-state index contributed by atoms with van der Waals surface area (Å²) in [5.41, 5.74) is 0.620. The number of piperidine rings is 1. The fourth-order valence-corrected chi connectivity index (χ4v) is 5.09. The topological polar surface area (TPSA) is 64.4 Å². The zero-order valence-electron chi connectivity index (χ0n) is 17.2. The van der Waals surface area contributed by atoms with Gasteiger partial charge in [0.15, 0.2) is 5.16 Å². The molecule has 2 aromatic rings. The lowest BCUT2D eigenvalue weighted by Gasteiger charge is -2.32. The molecule has 2 aliphatic heterocycles. The van der Waals surface area contributed by atoms with Crippen LogP contribution in [-0.4, -0.2) is 51.4 Å². The second-order valence-corrected chi connectivity index (χ2v) is 9.54. The molecule has 0 spiro atoms. The molecular weight excluding hydrogens is 386 g/mol. The molecule has 0 unspecified atom stereocenters. The number of aromatic nitrogens is 2. The van der Waals surface area contributed by atoms with Crippen LogP contribution in [0, 0.1) is 5.92 Å². The van der Waals surface area contributed by atoms with Gasteiger partial charge in [0.05, 0.1) is 28.8 Å². The summed E-state index contributed by atoms with van der Waals surface area (Å²) in [6.45, 7) is 7.02. The van der Waals surface area contributed by atoms with Gasteiger partial charge in [-0.1, -0.05) is 30.8 Å². The number of hydrogen-bond donors (Lipinski definition) is 0. The van der Waals surface area contributed by atoms with Crippen molar-refractivity contribution in [2.75, 3.05) is 19.7 Å². The highest BCUT2D eigenvalue weighted by Gasteiger charge is 2.27. The van der Waals surface area contributed by atoms with Crippen LogP contribution in [-0.2, 0) is 16.1 Å². The summed E-state index contributed by atoms with van der Waals surface area (Å²) >= 11 is 1.39. The van der Waals surface area contributed by atoms with Gasteiger partial charge in [0, 0.05) is 19.7 Å². The molecule has 3 heterocycles. The Morgan fingerprint density at radius 2 is 2.03 bits per heavy atom. The van der Waals surface area contributed by atoms with E-state index < -0.39 is 0 Å². The minimum absolute atomic E-state index is 0.0320. The van der Waals surface area contributed by atoms with Crippen molar-refractivity contribution in [1.29, 1.82) is 0 Å². The van der Waals surface area contributed by atoms with Crippen LogP contribution in [0.25, 0.3) is 10.9 Å². The van der Waals surface area contributed by atoms with E-state index in [0.717, 1.165) is 45.4 Å². The summed E-state index contributed by atoms with van der Waals surface area (Å²) in [5.74, 6) is 0.814. The van der Waals surface area contributed by atoms with Crippen molar-refractivity contribution in [3.05, 3.63) is 34.6 Å². The average Bonchev–Trinajstić information content (AvgIpc) is 3.24. The average molecular weight is 416 g/mol. The highest BCUT2D eigenvalue weighted by atomic mass is 32.2. The molecule has 0 radical (unpaired) electrons. The molecule has 2 atom stereocenters. The van der Waals surface area contributed by atoms with Crippen LogP contribution in [0.5, 0.6) is 0 Å². The normalized spacial score (nSPS) is 21.6. The fourth-order valence-electron chi connectivity index (χ4n) is 4.09. The quantitative estimate of drug-likeness (QED) is 0.554. The van der Waals surface area contributed by atoms with Gasteiger partial charge in [-0.25, -0.2) is 4.98 Å². The molecule has 1 aromatic carbocycles. The number of likely N-dealkylation sites (tertiary alicyclic amines) is 1. The molecule has 156 valence electrons. The van der Waals surface area contributed by atoms with E-state index in [1.54, 1.807) is 4.57 Å². The van der Waals surface area contributed by atoms with E-state index in [-0.39, 0.29) is 22.8 Å². The summed E-state index contributed by atoms with van der Waals surface area (Å²) in [6, 6.07) is 7.42. The predicted octanol–water partition coefficient (Wildman–Crippen LogP) is 3.31. The largest absolute Gasteiger partial charge is 0.376 e. The molecular formula is C22H29N3O3S. The maximum Gasteiger partial charge on any atom is 0.262 e. The number of thioether (sulfide) groups is 1. The second kappa shape index (κ2) is 8.88. The zero-order valence-corrected chi connectivity index (χ0v) is 18.0. The third-order valence-corrected chi connectivity index (χ3v) is 7.04. The molecule has 2 fully saturated rings. The van der Waals surface area contributed by atoms with E-state index in [4.69, 9.17) is 9.72 Å². The Bertz CT molecular complexity index is 931. The van der Waals surface area contributed by atoms with E-state index in [1.807, 2.05) is 36.1 Å². The predicted molar refractivity (Wildman–Crippen MR) is 115 cm³/mol. The highest BCUT2D eigenvalue weighted by Crippen LogP contribution is 2.27. The van der Waals surface area contributed by atoms with Gasteiger partial charge >= 0.3 is 0 Å². The van der Waals surface area contributed by atoms with Crippen molar-refractivity contribution >= 4 is 28.6 Å². The Hall–Kier alpha value is -1.86. The molecule has 1 aromatic heterocycles. The molecule has 0 aliphatic carbocycles. The van der Waals surface area contributed by atoms with Crippen LogP contribution in [0.15, 0.2) is 34.2 Å². The van der Waals surface area contributed by atoms with Crippen molar-refractivity contribution in [2.24, 2.45) is 5.92 Å². The van der Waals surface area contributed by atoms with Crippen molar-refractivity contribution < 1.29 is 9.53 Å². The van der Waals surface area contributed by atoms with Gasteiger partial charge < -0.3 is 9.64 Å². The minimum atomic E-state index is -0.285. The minimum Gasteiger partial charge on any atom is -0.376 e. The Kier molecular flexibility index (Phi) is 6.25. The van der Waals surface area contributed by atoms with E-state index in [9.17, 15) is 9.59 Å². The van der Waals surface area contributed by atoms with Gasteiger partial charge in [-0.2, -0.15) is 0 Å². The van der Waals surface area contributed by atoms with E-state index in [2.05, 4.69) is 6.92 Å². The van der Waals surface area contributed by atoms with Crippen LogP contribution < -0.4 is 5.56 Å². The number of carbonyl (C=O) groups is 1. The Balaban J connectivity index is 1.60. The van der Waals surface area contributed by atoms with E-state index in [1.165, 1.54) is 11.8 Å². The first-order valence-electron chi connectivity index (χ1n) is 10.6. The third-order valence-electron chi connectivity index (χ3n) is 5.96. The summed E-state index contributed by atoms with van der Waals surface area (Å²) in [5, 5.41) is 0.932. The van der Waals surface area contributed by atoms with E-state index >= 15 is 0 Å². The molecule has 0 bridgehead atoms. The fraction of sp³-hybridized carbons (Fsp3) is 0.591. The number of benzene rings is 1. The van der Waals surface area contributed by atoms with E-state index in [0.29, 0.717) is 28.5 Å². The van der Waals surface area contributed by atoms with Crippen LogP contribution in [0.4, 0.5) is 0 Å². The van der Waals surface area contributed by atoms with Crippen molar-refractivity contribution in [3.63, 3.8) is 0 Å². The van der Waals surface area contributed by atoms with Crippen LogP contribution in [0.1, 0.15) is 39.5 Å². The summed E-state index contributed by atoms with van der Waals surface area (Å²) < 4.78 is 7.48. The summed E-state index contributed by atoms with van der Waals surface area (Å²) in [7, 11) is 0. The zero-order chi connectivity index (χ0) is 20.4. The first-order valence-corrected chi connectivity index (χ1v) is 11.5. The Morgan fingerprint density at radius 3 is 2.76 bits per heavy atom. The molecule has 0 saturated carbocycles. The number of nitrogens with zero attached hydrogens (tertiary/aromatic N) is 3. The molecule has 7 heteroatoms. The lowest BCUT2D eigenvalue weighted by atomic mass is 9.99. The first-order chi connectivity index (χ1) is 14.0. The van der Waals surface area contributed by atoms with Crippen molar-refractivity contribution in [3.8, 4) is 0 Å². The van der Waals surface area contributed by atoms with Gasteiger partial charge in [0.25, 0.3) is 5.56 Å². The van der Waals surface area contributed by atoms with Crippen molar-refractivity contribution in [1.82, 2.24) is 14.5 Å². The Labute approximate surface area is 175 Å². The van der Waals surface area contributed by atoms with Gasteiger partial charge in [-0.15, -0.1) is 0 Å². The molecule has 0 N–H and O–H groups in total. The van der Waals surface area contributed by atoms with Crippen LogP contribution in [0.3, 0.4) is 0 Å². The van der Waals surface area contributed by atoms with Crippen LogP contribution in [0.2, 0.25) is 0 Å². The Morgan fingerprint density at radius 1 is 1.28 bits per heavy atom. The smallest absolute Gasteiger partial charge is 0.262 e. The lowest BCUT2D eigenvalue weighted by Crippen LogP contribution is -2.42. The number of ether oxygens (including phenoxy) is 1. The number of amides is 1.